The van der Waals surface area contributed by atoms with Gasteiger partial charge in [-0.25, -0.2) is 0 Å². The zero-order valence-electron chi connectivity index (χ0n) is 20.2. The van der Waals surface area contributed by atoms with Crippen molar-refractivity contribution >= 4 is 17.6 Å². The Morgan fingerprint density at radius 1 is 1.00 bits per heavy atom. The molecule has 0 bridgehead atoms. The molecule has 33 heavy (non-hydrogen) atoms. The number of methoxy groups -OCH3 is 2. The Hall–Kier alpha value is -2.28. The van der Waals surface area contributed by atoms with E-state index in [0.717, 1.165) is 42.6 Å². The van der Waals surface area contributed by atoms with Crippen LogP contribution in [0.2, 0.25) is 0 Å². The van der Waals surface area contributed by atoms with Crippen molar-refractivity contribution in [2.75, 3.05) is 14.2 Å². The number of rotatable bonds is 15. The normalized spacial score (nSPS) is 15.0. The molecule has 1 heterocycles. The molecule has 1 aromatic carbocycles. The summed E-state index contributed by atoms with van der Waals surface area (Å²) in [6.07, 6.45) is 14.1. The number of unbranched alkanes of at least 4 members (excludes halogenated alkanes) is 8. The Morgan fingerprint density at radius 2 is 1.64 bits per heavy atom. The fourth-order valence-corrected chi connectivity index (χ4v) is 4.43. The van der Waals surface area contributed by atoms with Crippen molar-refractivity contribution in [2.24, 2.45) is 10.2 Å². The molecule has 2 aromatic rings. The summed E-state index contributed by atoms with van der Waals surface area (Å²) in [6, 6.07) is 3.93. The second kappa shape index (κ2) is 12.3. The zero-order chi connectivity index (χ0) is 23.7. The molecule has 0 radical (unpaired) electrons. The molecule has 1 aliphatic rings. The van der Waals surface area contributed by atoms with Crippen LogP contribution in [0.3, 0.4) is 0 Å². The van der Waals surface area contributed by atoms with Crippen molar-refractivity contribution in [2.45, 2.75) is 89.4 Å². The lowest BCUT2D eigenvalue weighted by Crippen LogP contribution is -2.28. The Morgan fingerprint density at radius 3 is 2.21 bits per heavy atom. The maximum absolute atomic E-state index is 6.03. The van der Waals surface area contributed by atoms with Gasteiger partial charge in [-0.2, -0.15) is 4.51 Å². The summed E-state index contributed by atoms with van der Waals surface area (Å²) in [5, 5.41) is 8.52. The molecule has 7 nitrogen and oxygen atoms in total. The molecule has 3 rings (SSSR count). The van der Waals surface area contributed by atoms with Crippen LogP contribution >= 0.6 is 11.8 Å². The topological polar surface area (TPSA) is 95.8 Å². The van der Waals surface area contributed by atoms with Crippen LogP contribution in [0, 0.1) is 0 Å². The third-order valence-electron chi connectivity index (χ3n) is 6.55. The van der Waals surface area contributed by atoms with E-state index in [2.05, 4.69) is 21.6 Å². The van der Waals surface area contributed by atoms with Crippen LogP contribution in [0.25, 0.3) is 11.5 Å². The molecular formula is C25H37ClN4O3. The molecular weight excluding hydrogens is 440 g/mol. The molecule has 1 saturated carbocycles. The van der Waals surface area contributed by atoms with Gasteiger partial charge in [-0.1, -0.05) is 58.3 Å². The number of benzene rings is 1. The molecule has 0 amide bonds. The van der Waals surface area contributed by atoms with E-state index >= 15 is 0 Å². The Balaban J connectivity index is 1.66. The van der Waals surface area contributed by atoms with E-state index in [-0.39, 0.29) is 0 Å². The van der Waals surface area contributed by atoms with Gasteiger partial charge in [0.25, 0.3) is 5.89 Å². The summed E-state index contributed by atoms with van der Waals surface area (Å²) in [4.78, 5) is 0. The molecule has 0 spiro atoms. The van der Waals surface area contributed by atoms with Gasteiger partial charge in [0.05, 0.1) is 19.8 Å². The first-order chi connectivity index (χ1) is 16.1. The molecule has 0 atom stereocenters. The smallest absolute Gasteiger partial charge is 0.251 e. The van der Waals surface area contributed by atoms with E-state index in [0.29, 0.717) is 23.4 Å². The average Bonchev–Trinajstić information content (AvgIpc) is 3.51. The van der Waals surface area contributed by atoms with Crippen LogP contribution < -0.4 is 15.2 Å². The first-order valence-corrected chi connectivity index (χ1v) is 12.5. The van der Waals surface area contributed by atoms with Crippen LogP contribution in [-0.2, 0) is 11.8 Å². The van der Waals surface area contributed by atoms with Gasteiger partial charge in [-0.3, -0.25) is 0 Å². The highest BCUT2D eigenvalue weighted by Crippen LogP contribution is 2.49. The number of aromatic nitrogens is 2. The highest BCUT2D eigenvalue weighted by molar-refractivity contribution is 6.21. The maximum Gasteiger partial charge on any atom is 0.251 e. The molecule has 2 N–H and O–H groups in total. The quantitative estimate of drug-likeness (QED) is 0.182. The van der Waals surface area contributed by atoms with Gasteiger partial charge in [0, 0.05) is 17.8 Å². The van der Waals surface area contributed by atoms with E-state index in [1.807, 2.05) is 12.1 Å². The van der Waals surface area contributed by atoms with E-state index in [1.165, 1.54) is 51.4 Å². The van der Waals surface area contributed by atoms with E-state index < -0.39 is 5.41 Å². The average molecular weight is 477 g/mol. The van der Waals surface area contributed by atoms with Gasteiger partial charge in [-0.05, 0) is 37.3 Å². The number of ether oxygens (including phenoxy) is 2. The van der Waals surface area contributed by atoms with Crippen molar-refractivity contribution < 1.29 is 13.9 Å². The van der Waals surface area contributed by atoms with Crippen LogP contribution in [-0.4, -0.2) is 30.3 Å². The Bertz CT molecular complexity index is 924. The minimum absolute atomic E-state index is 0.312. The first-order valence-electron chi connectivity index (χ1n) is 12.1. The third kappa shape index (κ3) is 6.19. The number of nitrogens with zero attached hydrogens (tertiary/aromatic N) is 3. The lowest BCUT2D eigenvalue weighted by atomic mass is 10.0. The molecule has 0 saturated heterocycles. The summed E-state index contributed by atoms with van der Waals surface area (Å²) in [5.41, 5.74) is 7.30. The van der Waals surface area contributed by atoms with Crippen molar-refractivity contribution in [1.29, 1.82) is 0 Å². The van der Waals surface area contributed by atoms with Gasteiger partial charge < -0.3 is 19.6 Å². The van der Waals surface area contributed by atoms with Gasteiger partial charge in [0.15, 0.2) is 0 Å². The minimum atomic E-state index is -0.536. The highest BCUT2D eigenvalue weighted by Gasteiger charge is 2.53. The van der Waals surface area contributed by atoms with Gasteiger partial charge >= 0.3 is 0 Å². The summed E-state index contributed by atoms with van der Waals surface area (Å²) in [5.74, 6) is 2.59. The first kappa shape index (κ1) is 25.3. The number of amidine groups is 1. The fraction of sp³-hybridized carbons (Fsp3) is 0.640. The molecule has 0 unspecified atom stereocenters. The van der Waals surface area contributed by atoms with Crippen molar-refractivity contribution in [3.05, 3.63) is 23.6 Å². The summed E-state index contributed by atoms with van der Waals surface area (Å²) >= 11 is 5.60. The van der Waals surface area contributed by atoms with Crippen LogP contribution in [0.1, 0.15) is 89.0 Å². The van der Waals surface area contributed by atoms with Crippen LogP contribution in [0.15, 0.2) is 21.1 Å². The summed E-state index contributed by atoms with van der Waals surface area (Å²) in [7, 11) is 3.31. The number of aryl methyl sites for hydroxylation is 1. The van der Waals surface area contributed by atoms with Gasteiger partial charge in [0.2, 0.25) is 5.89 Å². The number of nitrogens with two attached hydrogens (primary N) is 1. The molecule has 8 heteroatoms. The predicted octanol–water partition coefficient (Wildman–Crippen LogP) is 6.37. The molecule has 0 aliphatic heterocycles. The summed E-state index contributed by atoms with van der Waals surface area (Å²) in [6.45, 7) is 2.26. The van der Waals surface area contributed by atoms with Crippen LogP contribution in [0.4, 0.5) is 0 Å². The Kier molecular flexibility index (Phi) is 9.41. The standard InChI is InChI=1S/C25H37ClN4O3/c1-4-5-6-7-8-9-10-11-12-13-18-16-19(21(32-3)17-20(18)31-2)22-29-30-24(33-22)25(14-15-25)23(27)28-26/h16-17H,4-15H2,1-3H3,(H2,27,28). The third-order valence-corrected chi connectivity index (χ3v) is 6.73. The van der Waals surface area contributed by atoms with Crippen molar-refractivity contribution in [3.8, 4) is 23.0 Å². The predicted molar refractivity (Wildman–Crippen MR) is 132 cm³/mol. The maximum atomic E-state index is 6.03. The largest absolute Gasteiger partial charge is 0.496 e. The lowest BCUT2D eigenvalue weighted by Gasteiger charge is -2.13. The van der Waals surface area contributed by atoms with Crippen molar-refractivity contribution in [1.82, 2.24) is 10.2 Å². The number of hydrogen-bond acceptors (Lipinski definition) is 6. The molecule has 1 fully saturated rings. The number of halogens is 1. The fourth-order valence-electron chi connectivity index (χ4n) is 4.26. The van der Waals surface area contributed by atoms with E-state index in [1.54, 1.807) is 14.2 Å². The van der Waals surface area contributed by atoms with Crippen LogP contribution in [0.5, 0.6) is 11.5 Å². The van der Waals surface area contributed by atoms with Crippen molar-refractivity contribution in [3.63, 3.8) is 0 Å². The van der Waals surface area contributed by atoms with Gasteiger partial charge in [-0.15, -0.1) is 10.2 Å². The second-order valence-electron chi connectivity index (χ2n) is 8.91. The molecule has 182 valence electrons. The number of hydrogen-bond donors (Lipinski definition) is 1. The zero-order valence-corrected chi connectivity index (χ0v) is 20.9. The summed E-state index contributed by atoms with van der Waals surface area (Å²) < 4.78 is 20.9. The highest BCUT2D eigenvalue weighted by atomic mass is 35.5. The second-order valence-corrected chi connectivity index (χ2v) is 9.08. The van der Waals surface area contributed by atoms with E-state index in [4.69, 9.17) is 31.4 Å². The lowest BCUT2D eigenvalue weighted by molar-refractivity contribution is 0.390. The Labute approximate surface area is 202 Å². The SMILES string of the molecule is CCCCCCCCCCCc1cc(-c2nnc(C3(C(N)=NCl)CC3)o2)c(OC)cc1OC. The van der Waals surface area contributed by atoms with Gasteiger partial charge in [0.1, 0.15) is 22.7 Å². The molecule has 1 aromatic heterocycles. The minimum Gasteiger partial charge on any atom is -0.496 e. The molecule has 1 aliphatic carbocycles. The monoisotopic (exact) mass is 476 g/mol. The van der Waals surface area contributed by atoms with E-state index in [9.17, 15) is 0 Å².